The Labute approximate surface area is 124 Å². The molecule has 0 bridgehead atoms. The topological polar surface area (TPSA) is 68.0 Å². The monoisotopic (exact) mass is 339 g/mol. The van der Waals surface area contributed by atoms with Crippen LogP contribution in [-0.4, -0.2) is 10.9 Å². The lowest BCUT2D eigenvalue weighted by atomic mass is 10.1. The van der Waals surface area contributed by atoms with Crippen LogP contribution in [0.2, 0.25) is 5.15 Å². The fourth-order valence-corrected chi connectivity index (χ4v) is 1.97. The molecule has 0 saturated heterocycles. The van der Waals surface area contributed by atoms with Crippen LogP contribution in [0.5, 0.6) is 0 Å². The fourth-order valence-electron chi connectivity index (χ4n) is 1.52. The van der Waals surface area contributed by atoms with E-state index in [2.05, 4.69) is 26.2 Å². The summed E-state index contributed by atoms with van der Waals surface area (Å²) in [5.74, 6) is -0.303. The molecule has 1 amide bonds. The molecule has 2 aromatic rings. The quantitative estimate of drug-likeness (QED) is 0.844. The first-order valence-corrected chi connectivity index (χ1v) is 6.67. The zero-order valence-electron chi connectivity index (χ0n) is 9.81. The fraction of sp³-hybridized carbons (Fsp3) is 0.0769. The van der Waals surface area contributed by atoms with Gasteiger partial charge in [-0.25, -0.2) is 4.98 Å². The molecule has 0 unspecified atom stereocenters. The number of benzene rings is 1. The van der Waals surface area contributed by atoms with Gasteiger partial charge in [0, 0.05) is 0 Å². The summed E-state index contributed by atoms with van der Waals surface area (Å²) in [5, 5.41) is 3.03. The first-order chi connectivity index (χ1) is 9.08. The van der Waals surface area contributed by atoms with E-state index in [4.69, 9.17) is 17.3 Å². The summed E-state index contributed by atoms with van der Waals surface area (Å²) in [5.41, 5.74) is 7.17. The number of hydrogen-bond donors (Lipinski definition) is 2. The molecule has 19 heavy (non-hydrogen) atoms. The maximum absolute atomic E-state index is 12.0. The molecule has 3 N–H and O–H groups in total. The molecule has 1 aromatic heterocycles. The van der Waals surface area contributed by atoms with Gasteiger partial charge in [-0.05, 0) is 27.6 Å². The first-order valence-electron chi connectivity index (χ1n) is 5.50. The van der Waals surface area contributed by atoms with Crippen molar-refractivity contribution in [2.75, 3.05) is 5.32 Å². The van der Waals surface area contributed by atoms with E-state index >= 15 is 0 Å². The highest BCUT2D eigenvalue weighted by Crippen LogP contribution is 2.23. The van der Waals surface area contributed by atoms with Crippen molar-refractivity contribution in [3.8, 4) is 0 Å². The third kappa shape index (κ3) is 3.53. The number of hydrogen-bond acceptors (Lipinski definition) is 3. The van der Waals surface area contributed by atoms with Crippen molar-refractivity contribution in [2.24, 2.45) is 5.73 Å². The number of rotatable bonds is 3. The van der Waals surface area contributed by atoms with Crippen molar-refractivity contribution in [3.63, 3.8) is 0 Å². The first kappa shape index (κ1) is 14.0. The number of anilines is 1. The molecule has 1 heterocycles. The van der Waals surface area contributed by atoms with E-state index in [9.17, 15) is 4.79 Å². The van der Waals surface area contributed by atoms with Crippen LogP contribution >= 0.6 is 27.5 Å². The highest BCUT2D eigenvalue weighted by molar-refractivity contribution is 9.10. The Morgan fingerprint density at radius 1 is 1.37 bits per heavy atom. The summed E-state index contributed by atoms with van der Waals surface area (Å²) in [6.45, 7) is 0. The molecule has 0 spiro atoms. The molecule has 1 atom stereocenters. The molecule has 0 saturated carbocycles. The average molecular weight is 341 g/mol. The normalized spacial score (nSPS) is 11.9. The van der Waals surface area contributed by atoms with Crippen LogP contribution in [0, 0.1) is 0 Å². The second-order valence-electron chi connectivity index (χ2n) is 3.87. The number of nitrogens with zero attached hydrogens (tertiary/aromatic N) is 1. The van der Waals surface area contributed by atoms with Crippen LogP contribution in [0.15, 0.2) is 47.1 Å². The van der Waals surface area contributed by atoms with Gasteiger partial charge >= 0.3 is 0 Å². The molecule has 0 aliphatic carbocycles. The van der Waals surface area contributed by atoms with Gasteiger partial charge in [0.15, 0.2) is 0 Å². The molecule has 0 fully saturated rings. The molecule has 6 heteroatoms. The molecular formula is C13H11BrClN3O. The maximum atomic E-state index is 12.0. The number of aromatic nitrogens is 1. The van der Waals surface area contributed by atoms with Crippen molar-refractivity contribution in [2.45, 2.75) is 6.04 Å². The lowest BCUT2D eigenvalue weighted by Gasteiger charge is -2.12. The van der Waals surface area contributed by atoms with Crippen LogP contribution < -0.4 is 11.1 Å². The highest BCUT2D eigenvalue weighted by Gasteiger charge is 2.15. The Hall–Kier alpha value is -1.43. The van der Waals surface area contributed by atoms with E-state index in [1.165, 1.54) is 6.20 Å². The predicted octanol–water partition coefficient (Wildman–Crippen LogP) is 3.14. The van der Waals surface area contributed by atoms with Gasteiger partial charge in [-0.3, -0.25) is 4.79 Å². The number of halogens is 2. The smallest absolute Gasteiger partial charge is 0.245 e. The van der Waals surface area contributed by atoms with Crippen molar-refractivity contribution in [3.05, 3.63) is 57.8 Å². The third-order valence-corrected chi connectivity index (χ3v) is 3.64. The number of amides is 1. The van der Waals surface area contributed by atoms with Crippen molar-refractivity contribution < 1.29 is 4.79 Å². The van der Waals surface area contributed by atoms with Gasteiger partial charge in [-0.1, -0.05) is 41.9 Å². The van der Waals surface area contributed by atoms with Crippen LogP contribution in [0.25, 0.3) is 0 Å². The molecule has 4 nitrogen and oxygen atoms in total. The van der Waals surface area contributed by atoms with E-state index in [0.29, 0.717) is 15.3 Å². The summed E-state index contributed by atoms with van der Waals surface area (Å²) in [6.07, 6.45) is 1.47. The number of carbonyl (C=O) groups excluding carboxylic acids is 1. The number of pyridine rings is 1. The lowest BCUT2D eigenvalue weighted by Crippen LogP contribution is -2.27. The van der Waals surface area contributed by atoms with Gasteiger partial charge in [0.2, 0.25) is 5.91 Å². The molecule has 2 rings (SSSR count). The van der Waals surface area contributed by atoms with Gasteiger partial charge in [0.1, 0.15) is 11.2 Å². The molecule has 0 radical (unpaired) electrons. The minimum Gasteiger partial charge on any atom is -0.323 e. The Bertz CT molecular complexity index is 592. The lowest BCUT2D eigenvalue weighted by molar-refractivity contribution is -0.117. The maximum Gasteiger partial charge on any atom is 0.245 e. The van der Waals surface area contributed by atoms with Crippen LogP contribution in [0.4, 0.5) is 5.69 Å². The molecular weight excluding hydrogens is 330 g/mol. The van der Waals surface area contributed by atoms with Crippen molar-refractivity contribution in [1.29, 1.82) is 0 Å². The van der Waals surface area contributed by atoms with E-state index in [-0.39, 0.29) is 5.91 Å². The Kier molecular flexibility index (Phi) is 4.52. The predicted molar refractivity (Wildman–Crippen MR) is 78.9 cm³/mol. The zero-order valence-corrected chi connectivity index (χ0v) is 12.1. The van der Waals surface area contributed by atoms with Crippen LogP contribution in [-0.2, 0) is 4.79 Å². The van der Waals surface area contributed by atoms with Crippen LogP contribution in [0.3, 0.4) is 0 Å². The van der Waals surface area contributed by atoms with Crippen molar-refractivity contribution in [1.82, 2.24) is 4.98 Å². The minimum atomic E-state index is -0.726. The standard InChI is InChI=1S/C13H11BrClN3O/c14-10-6-9(7-17-12(10)15)18-13(19)11(16)8-4-2-1-3-5-8/h1-7,11H,16H2,(H,18,19)/t11-/m1/s1. The SMILES string of the molecule is N[C@@H](C(=O)Nc1cnc(Cl)c(Br)c1)c1ccccc1. The van der Waals surface area contributed by atoms with Gasteiger partial charge < -0.3 is 11.1 Å². The summed E-state index contributed by atoms with van der Waals surface area (Å²) in [4.78, 5) is 15.9. The summed E-state index contributed by atoms with van der Waals surface area (Å²) < 4.78 is 0.611. The minimum absolute atomic E-state index is 0.303. The summed E-state index contributed by atoms with van der Waals surface area (Å²) >= 11 is 9.02. The largest absolute Gasteiger partial charge is 0.323 e. The van der Waals surface area contributed by atoms with Gasteiger partial charge in [0.25, 0.3) is 0 Å². The van der Waals surface area contributed by atoms with Gasteiger partial charge in [0.05, 0.1) is 16.4 Å². The zero-order chi connectivity index (χ0) is 13.8. The van der Waals surface area contributed by atoms with E-state index in [0.717, 1.165) is 5.56 Å². The summed E-state index contributed by atoms with van der Waals surface area (Å²) in [6, 6.07) is 10.1. The van der Waals surface area contributed by atoms with Gasteiger partial charge in [-0.2, -0.15) is 0 Å². The Balaban J connectivity index is 2.10. The Morgan fingerprint density at radius 2 is 2.05 bits per heavy atom. The second-order valence-corrected chi connectivity index (χ2v) is 5.09. The third-order valence-electron chi connectivity index (χ3n) is 2.50. The molecule has 1 aromatic carbocycles. The van der Waals surface area contributed by atoms with E-state index in [1.54, 1.807) is 18.2 Å². The Morgan fingerprint density at radius 3 is 2.68 bits per heavy atom. The second kappa shape index (κ2) is 6.14. The number of nitrogens with two attached hydrogens (primary N) is 1. The molecule has 98 valence electrons. The van der Waals surface area contributed by atoms with E-state index < -0.39 is 6.04 Å². The summed E-state index contributed by atoms with van der Waals surface area (Å²) in [7, 11) is 0. The van der Waals surface area contributed by atoms with E-state index in [1.807, 2.05) is 18.2 Å². The molecule has 0 aliphatic rings. The van der Waals surface area contributed by atoms with Crippen molar-refractivity contribution >= 4 is 39.1 Å². The molecule has 0 aliphatic heterocycles. The number of carbonyl (C=O) groups is 1. The number of nitrogens with one attached hydrogen (secondary N) is 1. The highest BCUT2D eigenvalue weighted by atomic mass is 79.9. The van der Waals surface area contributed by atoms with Crippen LogP contribution in [0.1, 0.15) is 11.6 Å². The van der Waals surface area contributed by atoms with Gasteiger partial charge in [-0.15, -0.1) is 0 Å². The average Bonchev–Trinajstić information content (AvgIpc) is 2.43.